The molecule has 0 radical (unpaired) electrons. The largest absolute Gasteiger partial charge is 0.414 e. The molecule has 1 amide bonds. The van der Waals surface area contributed by atoms with E-state index in [4.69, 9.17) is 4.74 Å². The first kappa shape index (κ1) is 22.0. The Morgan fingerprint density at radius 2 is 1.69 bits per heavy atom. The molecule has 32 heavy (non-hydrogen) atoms. The van der Waals surface area contributed by atoms with Crippen molar-refractivity contribution in [3.63, 3.8) is 0 Å². The molecule has 7 heteroatoms. The minimum absolute atomic E-state index is 0.0934. The number of benzene rings is 2. The second kappa shape index (κ2) is 9.53. The van der Waals surface area contributed by atoms with E-state index >= 15 is 0 Å². The Morgan fingerprint density at radius 1 is 1.06 bits per heavy atom. The van der Waals surface area contributed by atoms with Crippen LogP contribution in [-0.2, 0) is 6.42 Å². The summed E-state index contributed by atoms with van der Waals surface area (Å²) in [7, 11) is 4.31. The number of carbonyl (C=O) groups excluding carboxylic acids is 1. The molecule has 7 nitrogen and oxygen atoms in total. The lowest BCUT2D eigenvalue weighted by molar-refractivity contribution is 0.0867. The summed E-state index contributed by atoms with van der Waals surface area (Å²) in [6.45, 7) is 1.78. The third-order valence-electron chi connectivity index (χ3n) is 6.48. The first-order chi connectivity index (χ1) is 15.4. The number of rotatable bonds is 6. The van der Waals surface area contributed by atoms with Crippen LogP contribution in [0.1, 0.15) is 36.9 Å². The van der Waals surface area contributed by atoms with Gasteiger partial charge in [-0.15, -0.1) is 15.0 Å². The predicted molar refractivity (Wildman–Crippen MR) is 124 cm³/mol. The zero-order chi connectivity index (χ0) is 22.6. The van der Waals surface area contributed by atoms with E-state index in [1.54, 1.807) is 6.92 Å². The summed E-state index contributed by atoms with van der Waals surface area (Å²) < 4.78 is 5.49. The number of hydrogen-bond acceptors (Lipinski definition) is 5. The normalized spacial score (nSPS) is 20.8. The first-order valence-corrected chi connectivity index (χ1v) is 11.1. The van der Waals surface area contributed by atoms with E-state index < -0.39 is 6.09 Å². The van der Waals surface area contributed by atoms with E-state index in [0.29, 0.717) is 5.69 Å². The highest BCUT2D eigenvalue weighted by molar-refractivity contribution is 5.70. The van der Waals surface area contributed by atoms with Gasteiger partial charge in [-0.2, -0.15) is 0 Å². The number of carbonyl (C=O) groups is 1. The lowest BCUT2D eigenvalue weighted by Gasteiger charge is -2.45. The molecule has 1 aliphatic carbocycles. The summed E-state index contributed by atoms with van der Waals surface area (Å²) in [6.07, 6.45) is 4.40. The quantitative estimate of drug-likeness (QED) is 0.632. The van der Waals surface area contributed by atoms with Crippen molar-refractivity contribution in [3.8, 4) is 11.6 Å². The van der Waals surface area contributed by atoms with Crippen LogP contribution in [0.2, 0.25) is 0 Å². The maximum atomic E-state index is 12.5. The molecule has 1 heterocycles. The number of amides is 1. The number of nitrogens with zero attached hydrogens (tertiary/aromatic N) is 4. The van der Waals surface area contributed by atoms with Crippen molar-refractivity contribution in [2.75, 3.05) is 14.1 Å². The molecular weight excluding hydrogens is 402 g/mol. The van der Waals surface area contributed by atoms with Gasteiger partial charge in [-0.1, -0.05) is 48.5 Å². The van der Waals surface area contributed by atoms with Crippen molar-refractivity contribution < 1.29 is 9.53 Å². The van der Waals surface area contributed by atoms with Gasteiger partial charge in [-0.05, 0) is 70.8 Å². The highest BCUT2D eigenvalue weighted by Crippen LogP contribution is 2.35. The van der Waals surface area contributed by atoms with Gasteiger partial charge in [0.2, 0.25) is 0 Å². The fraction of sp³-hybridized carbons (Fsp3) is 0.400. The van der Waals surface area contributed by atoms with Crippen LogP contribution in [0.5, 0.6) is 5.88 Å². The maximum absolute atomic E-state index is 12.5. The topological polar surface area (TPSA) is 72.3 Å². The molecule has 4 rings (SSSR count). The van der Waals surface area contributed by atoms with Crippen molar-refractivity contribution >= 4 is 6.09 Å². The van der Waals surface area contributed by atoms with E-state index in [2.05, 4.69) is 64.8 Å². The van der Waals surface area contributed by atoms with Gasteiger partial charge in [0.1, 0.15) is 5.69 Å². The number of likely N-dealkylation sites (N-methyl/N-ethyl adjacent to an activating group) is 1. The fourth-order valence-electron chi connectivity index (χ4n) is 4.48. The number of para-hydroxylation sites is 1. The summed E-state index contributed by atoms with van der Waals surface area (Å²) in [4.78, 5) is 16.4. The molecule has 3 aromatic rings. The Hall–Kier alpha value is -3.19. The first-order valence-electron chi connectivity index (χ1n) is 11.1. The average Bonchev–Trinajstić information content (AvgIpc) is 3.16. The molecule has 0 atom stereocenters. The monoisotopic (exact) mass is 433 g/mol. The van der Waals surface area contributed by atoms with Gasteiger partial charge in [-0.3, -0.25) is 0 Å². The molecule has 1 aromatic heterocycles. The van der Waals surface area contributed by atoms with Crippen LogP contribution in [0.15, 0.2) is 60.7 Å². The van der Waals surface area contributed by atoms with Crippen molar-refractivity contribution in [3.05, 3.63) is 71.9 Å². The Kier molecular flexibility index (Phi) is 6.55. The number of hydrogen-bond donors (Lipinski definition) is 1. The van der Waals surface area contributed by atoms with Crippen LogP contribution < -0.4 is 10.1 Å². The Balaban J connectivity index is 1.34. The predicted octanol–water partition coefficient (Wildman–Crippen LogP) is 4.15. The molecule has 1 aliphatic rings. The lowest BCUT2D eigenvalue weighted by Crippen LogP contribution is -2.52. The Bertz CT molecular complexity index is 1030. The van der Waals surface area contributed by atoms with Crippen molar-refractivity contribution in [1.29, 1.82) is 0 Å². The van der Waals surface area contributed by atoms with Gasteiger partial charge in [0, 0.05) is 11.6 Å². The molecule has 1 saturated carbocycles. The van der Waals surface area contributed by atoms with E-state index in [0.717, 1.165) is 37.8 Å². The molecule has 0 spiro atoms. The SMILES string of the molecule is Cc1nn(-c2ccccc2)nc1OC(=O)NC1CCC(Cc2ccccc2)(N(C)C)CC1. The molecule has 168 valence electrons. The summed E-state index contributed by atoms with van der Waals surface area (Å²) in [5.74, 6) is 0.230. The minimum atomic E-state index is -0.473. The maximum Gasteiger partial charge on any atom is 0.414 e. The van der Waals surface area contributed by atoms with Gasteiger partial charge < -0.3 is 15.0 Å². The zero-order valence-corrected chi connectivity index (χ0v) is 19.0. The third kappa shape index (κ3) is 4.99. The lowest BCUT2D eigenvalue weighted by atomic mass is 9.75. The average molecular weight is 434 g/mol. The third-order valence-corrected chi connectivity index (χ3v) is 6.48. The summed E-state index contributed by atoms with van der Waals surface area (Å²) in [6, 6.07) is 20.3. The van der Waals surface area contributed by atoms with Crippen LogP contribution in [0.25, 0.3) is 5.69 Å². The van der Waals surface area contributed by atoms with E-state index in [1.165, 1.54) is 10.4 Å². The van der Waals surface area contributed by atoms with Gasteiger partial charge in [0.15, 0.2) is 0 Å². The van der Waals surface area contributed by atoms with Gasteiger partial charge in [0.25, 0.3) is 5.88 Å². The molecule has 0 aliphatic heterocycles. The number of aryl methyl sites for hydroxylation is 1. The Labute approximate surface area is 189 Å². The number of ether oxygens (including phenoxy) is 1. The molecule has 0 saturated heterocycles. The van der Waals surface area contributed by atoms with Crippen molar-refractivity contribution in [2.45, 2.75) is 50.6 Å². The zero-order valence-electron chi connectivity index (χ0n) is 19.0. The smallest absolute Gasteiger partial charge is 0.388 e. The Morgan fingerprint density at radius 3 is 2.31 bits per heavy atom. The highest BCUT2D eigenvalue weighted by atomic mass is 16.6. The minimum Gasteiger partial charge on any atom is -0.388 e. The molecule has 1 N–H and O–H groups in total. The summed E-state index contributed by atoms with van der Waals surface area (Å²) in [5, 5.41) is 11.7. The van der Waals surface area contributed by atoms with Gasteiger partial charge >= 0.3 is 6.09 Å². The van der Waals surface area contributed by atoms with Crippen LogP contribution in [0.4, 0.5) is 4.79 Å². The van der Waals surface area contributed by atoms with Crippen LogP contribution >= 0.6 is 0 Å². The summed E-state index contributed by atoms with van der Waals surface area (Å²) >= 11 is 0. The molecule has 0 unspecified atom stereocenters. The molecular formula is C25H31N5O2. The molecule has 0 bridgehead atoms. The number of aromatic nitrogens is 3. The summed E-state index contributed by atoms with van der Waals surface area (Å²) in [5.41, 5.74) is 2.85. The van der Waals surface area contributed by atoms with Gasteiger partial charge in [-0.25, -0.2) is 4.79 Å². The molecule has 1 fully saturated rings. The van der Waals surface area contributed by atoms with Crippen molar-refractivity contribution in [1.82, 2.24) is 25.2 Å². The van der Waals surface area contributed by atoms with Gasteiger partial charge in [0.05, 0.1) is 5.69 Å². The fourth-order valence-corrected chi connectivity index (χ4v) is 4.48. The van der Waals surface area contributed by atoms with E-state index in [1.807, 2.05) is 30.3 Å². The van der Waals surface area contributed by atoms with Crippen molar-refractivity contribution in [2.24, 2.45) is 0 Å². The van der Waals surface area contributed by atoms with Crippen LogP contribution in [0.3, 0.4) is 0 Å². The standard InChI is InChI=1S/C25H31N5O2/c1-19-23(28-30(27-19)22-12-8-5-9-13-22)32-24(31)26-21-14-16-25(17-15-21,29(2)3)18-20-10-6-4-7-11-20/h4-13,21H,14-18H2,1-3H3,(H,26,31). The van der Waals surface area contributed by atoms with Crippen LogP contribution in [-0.4, -0.2) is 51.7 Å². The second-order valence-corrected chi connectivity index (χ2v) is 8.80. The number of nitrogens with one attached hydrogen (secondary N) is 1. The highest BCUT2D eigenvalue weighted by Gasteiger charge is 2.37. The van der Waals surface area contributed by atoms with E-state index in [-0.39, 0.29) is 17.5 Å². The molecule has 2 aromatic carbocycles. The van der Waals surface area contributed by atoms with Crippen LogP contribution in [0, 0.1) is 6.92 Å². The van der Waals surface area contributed by atoms with E-state index in [9.17, 15) is 4.79 Å². The second-order valence-electron chi connectivity index (χ2n) is 8.80.